The van der Waals surface area contributed by atoms with E-state index in [-0.39, 0.29) is 0 Å². The van der Waals surface area contributed by atoms with Crippen LogP contribution in [0.3, 0.4) is 0 Å². The molecule has 0 bridgehead atoms. The molecule has 1 heteroatoms. The van der Waals surface area contributed by atoms with Gasteiger partial charge in [0.25, 0.3) is 0 Å². The highest BCUT2D eigenvalue weighted by Gasteiger charge is 2.23. The lowest BCUT2D eigenvalue weighted by Gasteiger charge is -2.29. The van der Waals surface area contributed by atoms with E-state index in [2.05, 4.69) is 229 Å². The lowest BCUT2D eigenvalue weighted by molar-refractivity contribution is 1.32. The SMILES string of the molecule is c1ccc(-c2cc(-c3ccccc3)c3c4ccc(N(c5cccc6ccccc56)c5cccc6ccccc56)cc4c4ccccc4c3c2-c2ccccc2)cc1. The smallest absolute Gasteiger partial charge is 0.0540 e. The third-order valence-corrected chi connectivity index (χ3v) is 11.6. The van der Waals surface area contributed by atoms with Crippen molar-refractivity contribution in [2.45, 2.75) is 0 Å². The molecule has 1 nitrogen and oxygen atoms in total. The van der Waals surface area contributed by atoms with E-state index in [1.165, 1.54) is 87.2 Å². The first kappa shape index (κ1) is 32.9. The molecule has 0 aliphatic heterocycles. The third kappa shape index (κ3) is 5.47. The zero-order valence-corrected chi connectivity index (χ0v) is 31.3. The van der Waals surface area contributed by atoms with Crippen LogP contribution in [0.15, 0.2) is 224 Å². The molecule has 0 radical (unpaired) electrons. The summed E-state index contributed by atoms with van der Waals surface area (Å²) < 4.78 is 0. The molecule has 0 saturated heterocycles. The number of nitrogens with zero attached hydrogens (tertiary/aromatic N) is 1. The fourth-order valence-electron chi connectivity index (χ4n) is 9.09. The quantitative estimate of drug-likeness (QED) is 0.154. The Labute approximate surface area is 332 Å². The van der Waals surface area contributed by atoms with E-state index >= 15 is 0 Å². The van der Waals surface area contributed by atoms with Gasteiger partial charge in [0.05, 0.1) is 11.4 Å². The summed E-state index contributed by atoms with van der Waals surface area (Å²) in [5, 5.41) is 12.3. The van der Waals surface area contributed by atoms with Crippen LogP contribution in [0.2, 0.25) is 0 Å². The Bertz CT molecular complexity index is 3190. The van der Waals surface area contributed by atoms with Crippen LogP contribution in [0.25, 0.3) is 87.2 Å². The van der Waals surface area contributed by atoms with Gasteiger partial charge in [-0.05, 0) is 107 Å². The fraction of sp³-hybridized carbons (Fsp3) is 0. The van der Waals surface area contributed by atoms with Crippen molar-refractivity contribution in [3.05, 3.63) is 224 Å². The van der Waals surface area contributed by atoms with Crippen LogP contribution in [0.4, 0.5) is 17.1 Å². The lowest BCUT2D eigenvalue weighted by Crippen LogP contribution is -2.11. The summed E-state index contributed by atoms with van der Waals surface area (Å²) in [7, 11) is 0. The summed E-state index contributed by atoms with van der Waals surface area (Å²) in [5.41, 5.74) is 10.7. The normalized spacial score (nSPS) is 11.5. The Morgan fingerprint density at radius 1 is 0.263 bits per heavy atom. The van der Waals surface area contributed by atoms with Crippen LogP contribution in [-0.4, -0.2) is 0 Å². The average molecular weight is 724 g/mol. The summed E-state index contributed by atoms with van der Waals surface area (Å²) in [6, 6.07) is 82.1. The molecule has 11 aromatic rings. The van der Waals surface area contributed by atoms with Gasteiger partial charge in [-0.2, -0.15) is 0 Å². The van der Waals surface area contributed by atoms with Gasteiger partial charge in [0, 0.05) is 16.5 Å². The molecular weight excluding hydrogens is 687 g/mol. The van der Waals surface area contributed by atoms with Gasteiger partial charge in [-0.3, -0.25) is 0 Å². The summed E-state index contributed by atoms with van der Waals surface area (Å²) in [4.78, 5) is 2.47. The number of benzene rings is 11. The number of hydrogen-bond donors (Lipinski definition) is 0. The van der Waals surface area contributed by atoms with Gasteiger partial charge in [0.1, 0.15) is 0 Å². The highest BCUT2D eigenvalue weighted by atomic mass is 15.1. The van der Waals surface area contributed by atoms with Crippen molar-refractivity contribution in [2.24, 2.45) is 0 Å². The zero-order chi connectivity index (χ0) is 37.7. The summed E-state index contributed by atoms with van der Waals surface area (Å²) in [6.07, 6.45) is 0. The molecule has 11 rings (SSSR count). The average Bonchev–Trinajstić information content (AvgIpc) is 3.29. The minimum absolute atomic E-state index is 1.12. The number of rotatable bonds is 6. The molecule has 0 N–H and O–H groups in total. The van der Waals surface area contributed by atoms with Gasteiger partial charge < -0.3 is 4.90 Å². The third-order valence-electron chi connectivity index (χ3n) is 11.6. The zero-order valence-electron chi connectivity index (χ0n) is 31.3. The van der Waals surface area contributed by atoms with E-state index < -0.39 is 0 Å². The largest absolute Gasteiger partial charge is 0.309 e. The molecule has 11 aromatic carbocycles. The minimum Gasteiger partial charge on any atom is -0.309 e. The molecule has 266 valence electrons. The second-order valence-corrected chi connectivity index (χ2v) is 14.8. The predicted octanol–water partition coefficient (Wildman–Crippen LogP) is 15.9. The molecule has 0 fully saturated rings. The monoisotopic (exact) mass is 723 g/mol. The highest BCUT2D eigenvalue weighted by Crippen LogP contribution is 2.50. The lowest BCUT2D eigenvalue weighted by atomic mass is 9.81. The Morgan fingerprint density at radius 3 is 1.32 bits per heavy atom. The van der Waals surface area contributed by atoms with Crippen LogP contribution >= 0.6 is 0 Å². The topological polar surface area (TPSA) is 3.24 Å². The van der Waals surface area contributed by atoms with Gasteiger partial charge in [-0.15, -0.1) is 0 Å². The number of anilines is 3. The van der Waals surface area contributed by atoms with E-state index in [4.69, 9.17) is 0 Å². The summed E-state index contributed by atoms with van der Waals surface area (Å²) in [6.45, 7) is 0. The molecular formula is C56H37N. The van der Waals surface area contributed by atoms with Crippen molar-refractivity contribution in [2.75, 3.05) is 4.90 Å². The van der Waals surface area contributed by atoms with Crippen LogP contribution in [0, 0.1) is 0 Å². The van der Waals surface area contributed by atoms with Gasteiger partial charge in [-0.1, -0.05) is 194 Å². The van der Waals surface area contributed by atoms with Gasteiger partial charge in [0.15, 0.2) is 0 Å². The molecule has 0 saturated carbocycles. The van der Waals surface area contributed by atoms with Gasteiger partial charge in [-0.25, -0.2) is 0 Å². The second kappa shape index (κ2) is 13.7. The molecule has 0 aliphatic rings. The van der Waals surface area contributed by atoms with E-state index in [0.717, 1.165) is 17.1 Å². The van der Waals surface area contributed by atoms with Crippen LogP contribution in [-0.2, 0) is 0 Å². The molecule has 0 aromatic heterocycles. The second-order valence-electron chi connectivity index (χ2n) is 14.8. The van der Waals surface area contributed by atoms with Crippen molar-refractivity contribution in [3.8, 4) is 33.4 Å². The molecule has 0 amide bonds. The van der Waals surface area contributed by atoms with E-state index in [1.54, 1.807) is 0 Å². The highest BCUT2D eigenvalue weighted by molar-refractivity contribution is 6.33. The molecule has 0 atom stereocenters. The van der Waals surface area contributed by atoms with E-state index in [9.17, 15) is 0 Å². The van der Waals surface area contributed by atoms with E-state index in [1.807, 2.05) is 0 Å². The predicted molar refractivity (Wildman–Crippen MR) is 245 cm³/mol. The standard InChI is InChI=1S/C56H37N/c1-4-18-40(19-5-1)49-37-50(41-20-6-2-7-21-41)55-48-35-34-43(36-51(48)46-30-14-15-31-47(46)56(55)54(49)42-24-8-3-9-25-42)57(52-32-16-26-38-22-10-12-28-44(38)52)53-33-17-27-39-23-11-13-29-45(39)53/h1-37H. The minimum atomic E-state index is 1.12. The van der Waals surface area contributed by atoms with Crippen molar-refractivity contribution in [3.63, 3.8) is 0 Å². The fourth-order valence-corrected chi connectivity index (χ4v) is 9.09. The first-order valence-electron chi connectivity index (χ1n) is 19.7. The molecule has 0 spiro atoms. The summed E-state index contributed by atoms with van der Waals surface area (Å²) >= 11 is 0. The van der Waals surface area contributed by atoms with Gasteiger partial charge >= 0.3 is 0 Å². The van der Waals surface area contributed by atoms with Crippen LogP contribution in [0.1, 0.15) is 0 Å². The molecule has 0 heterocycles. The Kier molecular flexibility index (Phi) is 7.89. The summed E-state index contributed by atoms with van der Waals surface area (Å²) in [5.74, 6) is 0. The van der Waals surface area contributed by atoms with Crippen molar-refractivity contribution < 1.29 is 0 Å². The van der Waals surface area contributed by atoms with Crippen LogP contribution < -0.4 is 4.90 Å². The Morgan fingerprint density at radius 2 is 0.719 bits per heavy atom. The number of fused-ring (bicyclic) bond motifs is 8. The van der Waals surface area contributed by atoms with Crippen molar-refractivity contribution >= 4 is 70.9 Å². The Balaban J connectivity index is 1.30. The Hall–Kier alpha value is -7.48. The maximum absolute atomic E-state index is 2.47. The molecule has 0 unspecified atom stereocenters. The molecule has 57 heavy (non-hydrogen) atoms. The van der Waals surface area contributed by atoms with Crippen molar-refractivity contribution in [1.82, 2.24) is 0 Å². The maximum Gasteiger partial charge on any atom is 0.0540 e. The maximum atomic E-state index is 2.47. The first-order chi connectivity index (χ1) is 28.3. The first-order valence-corrected chi connectivity index (χ1v) is 19.7. The van der Waals surface area contributed by atoms with Gasteiger partial charge in [0.2, 0.25) is 0 Å². The van der Waals surface area contributed by atoms with E-state index in [0.29, 0.717) is 0 Å². The molecule has 0 aliphatic carbocycles. The number of hydrogen-bond acceptors (Lipinski definition) is 1. The van der Waals surface area contributed by atoms with Crippen LogP contribution in [0.5, 0.6) is 0 Å². The van der Waals surface area contributed by atoms with Crippen molar-refractivity contribution in [1.29, 1.82) is 0 Å².